The Bertz CT molecular complexity index is 1120. The molecule has 4 aromatic rings. The molecule has 0 aliphatic carbocycles. The Kier molecular flexibility index (Phi) is 4.72. The number of anilines is 1. The van der Waals surface area contributed by atoms with Crippen molar-refractivity contribution < 1.29 is 4.79 Å². The van der Waals surface area contributed by atoms with E-state index in [0.717, 1.165) is 29.2 Å². The molecule has 0 aliphatic heterocycles. The molecule has 9 heteroatoms. The molecule has 126 valence electrons. The highest BCUT2D eigenvalue weighted by atomic mass is 79.9. The molecule has 0 radical (unpaired) electrons. The van der Waals surface area contributed by atoms with E-state index in [1.54, 1.807) is 41.3 Å². The van der Waals surface area contributed by atoms with Crippen molar-refractivity contribution in [1.82, 2.24) is 9.97 Å². The molecule has 0 unspecified atom stereocenters. The van der Waals surface area contributed by atoms with Crippen molar-refractivity contribution >= 4 is 93.4 Å². The second kappa shape index (κ2) is 6.85. The minimum absolute atomic E-state index is 0.282. The fraction of sp³-hybridized carbons (Fsp3) is 0.0625. The fourth-order valence-electron chi connectivity index (χ4n) is 2.33. The molecule has 2 aromatic carbocycles. The molecular weight excluding hydrogens is 462 g/mol. The number of nitrogens with zero attached hydrogens (tertiary/aromatic N) is 2. The molecule has 2 aromatic heterocycles. The van der Waals surface area contributed by atoms with Gasteiger partial charge in [-0.25, -0.2) is 9.97 Å². The van der Waals surface area contributed by atoms with Crippen molar-refractivity contribution in [3.8, 4) is 0 Å². The first-order valence-electron chi connectivity index (χ1n) is 7.05. The molecule has 0 aliphatic rings. The van der Waals surface area contributed by atoms with E-state index >= 15 is 0 Å². The Morgan fingerprint density at radius 3 is 2.64 bits per heavy atom. The lowest BCUT2D eigenvalue weighted by Gasteiger charge is -2.04. The Morgan fingerprint density at radius 1 is 1.16 bits per heavy atom. The number of fused-ring (bicyclic) bond motifs is 3. The largest absolute Gasteiger partial charge is 0.298 e. The van der Waals surface area contributed by atoms with E-state index in [1.807, 2.05) is 18.4 Å². The number of benzene rings is 2. The third kappa shape index (κ3) is 3.29. The van der Waals surface area contributed by atoms with Gasteiger partial charge in [-0.2, -0.15) is 0 Å². The third-order valence-electron chi connectivity index (χ3n) is 3.46. The van der Waals surface area contributed by atoms with Crippen molar-refractivity contribution in [1.29, 1.82) is 0 Å². The van der Waals surface area contributed by atoms with E-state index in [9.17, 15) is 4.79 Å². The molecule has 0 bridgehead atoms. The number of nitrogens with one attached hydrogen (secondary N) is 1. The summed E-state index contributed by atoms with van der Waals surface area (Å²) in [7, 11) is 0. The van der Waals surface area contributed by atoms with Gasteiger partial charge in [0.1, 0.15) is 0 Å². The smallest absolute Gasteiger partial charge is 0.258 e. The van der Waals surface area contributed by atoms with Crippen LogP contribution < -0.4 is 5.32 Å². The number of carbonyl (C=O) groups excluding carboxylic acids is 1. The van der Waals surface area contributed by atoms with Crippen molar-refractivity contribution in [2.24, 2.45) is 0 Å². The van der Waals surface area contributed by atoms with Gasteiger partial charge < -0.3 is 0 Å². The number of thioether (sulfide) groups is 1. The summed E-state index contributed by atoms with van der Waals surface area (Å²) in [4.78, 5) is 21.6. The average Bonchev–Trinajstić information content (AvgIpc) is 3.19. The molecule has 1 amide bonds. The van der Waals surface area contributed by atoms with Crippen LogP contribution in [0, 0.1) is 0 Å². The van der Waals surface area contributed by atoms with Gasteiger partial charge in [0.25, 0.3) is 5.91 Å². The summed E-state index contributed by atoms with van der Waals surface area (Å²) in [5, 5.41) is 3.79. The van der Waals surface area contributed by atoms with Crippen LogP contribution in [-0.4, -0.2) is 22.1 Å². The lowest BCUT2D eigenvalue weighted by molar-refractivity contribution is 0.102. The van der Waals surface area contributed by atoms with Crippen molar-refractivity contribution in [3.05, 3.63) is 45.4 Å². The number of thiazole rings is 2. The van der Waals surface area contributed by atoms with E-state index in [0.29, 0.717) is 15.7 Å². The highest BCUT2D eigenvalue weighted by molar-refractivity contribution is 9.10. The summed E-state index contributed by atoms with van der Waals surface area (Å²) in [6.07, 6.45) is 2.01. The maximum Gasteiger partial charge on any atom is 0.258 e. The number of carbonyl (C=O) groups is 1. The van der Waals surface area contributed by atoms with Gasteiger partial charge in [-0.15, -0.1) is 11.3 Å². The minimum atomic E-state index is -0.282. The second-order valence-corrected chi connectivity index (χ2v) is 9.42. The highest BCUT2D eigenvalue weighted by Gasteiger charge is 2.16. The van der Waals surface area contributed by atoms with Gasteiger partial charge in [0.2, 0.25) is 0 Å². The molecule has 2 heterocycles. The Morgan fingerprint density at radius 2 is 1.88 bits per heavy atom. The molecule has 1 N–H and O–H groups in total. The van der Waals surface area contributed by atoms with Gasteiger partial charge in [-0.05, 0) is 36.6 Å². The Balaban J connectivity index is 1.72. The number of hydrogen-bond acceptors (Lipinski definition) is 6. The number of amides is 1. The van der Waals surface area contributed by atoms with E-state index in [1.165, 1.54) is 11.3 Å². The zero-order valence-corrected chi connectivity index (χ0v) is 17.5. The highest BCUT2D eigenvalue weighted by Crippen LogP contribution is 2.38. The van der Waals surface area contributed by atoms with Crippen LogP contribution in [0.5, 0.6) is 0 Å². The molecule has 25 heavy (non-hydrogen) atoms. The first kappa shape index (κ1) is 17.2. The summed E-state index contributed by atoms with van der Waals surface area (Å²) < 4.78 is 3.94. The van der Waals surface area contributed by atoms with E-state index < -0.39 is 0 Å². The molecule has 0 fully saturated rings. The molecule has 0 saturated heterocycles. The van der Waals surface area contributed by atoms with Gasteiger partial charge in [0.15, 0.2) is 9.47 Å². The van der Waals surface area contributed by atoms with Gasteiger partial charge in [0, 0.05) is 4.47 Å². The second-order valence-electron chi connectivity index (χ2n) is 5.04. The summed E-state index contributed by atoms with van der Waals surface area (Å²) >= 11 is 14.2. The van der Waals surface area contributed by atoms with Gasteiger partial charge >= 0.3 is 0 Å². The molecule has 0 atom stereocenters. The summed E-state index contributed by atoms with van der Waals surface area (Å²) in [5.74, 6) is -0.282. The van der Waals surface area contributed by atoms with Crippen LogP contribution in [0.25, 0.3) is 20.4 Å². The summed E-state index contributed by atoms with van der Waals surface area (Å²) in [6.45, 7) is 0. The van der Waals surface area contributed by atoms with Gasteiger partial charge in [-0.3, -0.25) is 10.1 Å². The van der Waals surface area contributed by atoms with Crippen LogP contribution in [0.2, 0.25) is 5.02 Å². The first-order valence-corrected chi connectivity index (χ1v) is 11.1. The van der Waals surface area contributed by atoms with Crippen LogP contribution in [0.4, 0.5) is 5.13 Å². The van der Waals surface area contributed by atoms with Crippen molar-refractivity contribution in [2.45, 2.75) is 4.34 Å². The molecule has 0 saturated carbocycles. The monoisotopic (exact) mass is 469 g/mol. The van der Waals surface area contributed by atoms with E-state index in [4.69, 9.17) is 11.6 Å². The summed E-state index contributed by atoms with van der Waals surface area (Å²) in [6, 6.07) is 9.06. The van der Waals surface area contributed by atoms with Gasteiger partial charge in [-0.1, -0.05) is 50.6 Å². The molecular formula is C16H9BrClN3OS3. The lowest BCUT2D eigenvalue weighted by atomic mass is 10.2. The van der Waals surface area contributed by atoms with Crippen molar-refractivity contribution in [2.75, 3.05) is 11.6 Å². The van der Waals surface area contributed by atoms with Crippen LogP contribution in [-0.2, 0) is 0 Å². The van der Waals surface area contributed by atoms with Crippen molar-refractivity contribution in [3.63, 3.8) is 0 Å². The predicted molar refractivity (Wildman–Crippen MR) is 112 cm³/mol. The maximum atomic E-state index is 12.5. The number of aromatic nitrogens is 2. The SMILES string of the molecule is CSc1nc2ccc3nc(NC(=O)c4cc(Br)ccc4Cl)sc3c2s1. The zero-order chi connectivity index (χ0) is 17.6. The zero-order valence-electron chi connectivity index (χ0n) is 12.7. The molecule has 0 spiro atoms. The molecule has 4 nitrogen and oxygen atoms in total. The van der Waals surface area contributed by atoms with Crippen LogP contribution in [0.1, 0.15) is 10.4 Å². The fourth-order valence-corrected chi connectivity index (χ4v) is 5.55. The number of hydrogen-bond donors (Lipinski definition) is 1. The number of halogens is 2. The Labute approximate surface area is 168 Å². The van der Waals surface area contributed by atoms with E-state index in [2.05, 4.69) is 31.2 Å². The Hall–Kier alpha value is -1.19. The normalized spacial score (nSPS) is 11.3. The predicted octanol–water partition coefficient (Wildman–Crippen LogP) is 6.30. The van der Waals surface area contributed by atoms with Crippen LogP contribution >= 0.6 is 62.0 Å². The van der Waals surface area contributed by atoms with Crippen LogP contribution in [0.3, 0.4) is 0 Å². The molecule has 4 rings (SSSR count). The summed E-state index contributed by atoms with van der Waals surface area (Å²) in [5.41, 5.74) is 2.21. The quantitative estimate of drug-likeness (QED) is 0.357. The average molecular weight is 471 g/mol. The maximum absolute atomic E-state index is 12.5. The number of rotatable bonds is 3. The lowest BCUT2D eigenvalue weighted by Crippen LogP contribution is -2.12. The first-order chi connectivity index (χ1) is 12.0. The van der Waals surface area contributed by atoms with Gasteiger partial charge in [0.05, 0.1) is 31.0 Å². The topological polar surface area (TPSA) is 54.9 Å². The van der Waals surface area contributed by atoms with Crippen LogP contribution in [0.15, 0.2) is 39.1 Å². The standard InChI is InChI=1S/C16H9BrClN3OS3/c1-23-16-20-11-5-4-10-12(13(11)25-16)24-15(19-10)21-14(22)8-6-7(17)2-3-9(8)18/h2-6H,1H3,(H,19,21,22). The minimum Gasteiger partial charge on any atom is -0.298 e. The van der Waals surface area contributed by atoms with E-state index in [-0.39, 0.29) is 5.91 Å². The third-order valence-corrected chi connectivity index (χ3v) is 7.49.